The van der Waals surface area contributed by atoms with E-state index in [-0.39, 0.29) is 18.7 Å². The number of rotatable bonds is 6. The van der Waals surface area contributed by atoms with Gasteiger partial charge in [-0.05, 0) is 56.2 Å². The van der Waals surface area contributed by atoms with E-state index in [1.807, 2.05) is 19.1 Å². The molecule has 3 heterocycles. The Morgan fingerprint density at radius 2 is 1.79 bits per heavy atom. The number of nitrogens with one attached hydrogen (secondary N) is 3. The number of benzene rings is 2. The number of piperidine rings is 1. The largest absolute Gasteiger partial charge is 0.453 e. The van der Waals surface area contributed by atoms with E-state index >= 15 is 0 Å². The molecule has 14 heteroatoms. The lowest BCUT2D eigenvalue weighted by Gasteiger charge is -2.46. The van der Waals surface area contributed by atoms with Crippen molar-refractivity contribution in [2.45, 2.75) is 43.8 Å². The summed E-state index contributed by atoms with van der Waals surface area (Å²) in [6.45, 7) is 0.613. The molecule has 0 aliphatic carbocycles. The molecule has 228 valence electrons. The Balaban J connectivity index is 1.37. The van der Waals surface area contributed by atoms with Crippen molar-refractivity contribution < 1.29 is 42.2 Å². The van der Waals surface area contributed by atoms with Gasteiger partial charge < -0.3 is 24.6 Å². The predicted octanol–water partition coefficient (Wildman–Crippen LogP) is 3.22. The number of fused-ring (bicyclic) bond motifs is 2. The molecule has 2 aromatic rings. The fourth-order valence-corrected chi connectivity index (χ4v) is 5.55. The van der Waals surface area contributed by atoms with Crippen LogP contribution in [0, 0.1) is 6.92 Å². The van der Waals surface area contributed by atoms with Gasteiger partial charge in [0.25, 0.3) is 11.8 Å². The third-order valence-corrected chi connectivity index (χ3v) is 7.72. The number of alkyl halides is 2. The van der Waals surface area contributed by atoms with Crippen LogP contribution in [-0.4, -0.2) is 85.0 Å². The van der Waals surface area contributed by atoms with Crippen LogP contribution in [0.15, 0.2) is 42.5 Å². The number of methoxy groups -OCH3 is 1. The van der Waals surface area contributed by atoms with E-state index in [1.165, 1.54) is 36.3 Å². The van der Waals surface area contributed by atoms with Crippen molar-refractivity contribution in [3.05, 3.63) is 59.2 Å². The van der Waals surface area contributed by atoms with E-state index in [9.17, 15) is 32.8 Å². The first-order valence-corrected chi connectivity index (χ1v) is 13.7. The van der Waals surface area contributed by atoms with Crippen LogP contribution in [-0.2, 0) is 24.7 Å². The fraction of sp³-hybridized carbons (Fsp3) is 0.414. The molecule has 2 aromatic carbocycles. The Morgan fingerprint density at radius 3 is 2.47 bits per heavy atom. The number of carbonyl (C=O) groups is 5. The number of nitrogens with zero attached hydrogens (tertiary/aromatic N) is 2. The summed E-state index contributed by atoms with van der Waals surface area (Å²) in [5, 5.41) is 7.72. The number of hydrogen-bond donors (Lipinski definition) is 3. The molecule has 3 aliphatic heterocycles. The molecule has 5 rings (SSSR count). The van der Waals surface area contributed by atoms with Gasteiger partial charge in [0.2, 0.25) is 11.8 Å². The molecule has 0 saturated carbocycles. The van der Waals surface area contributed by atoms with Gasteiger partial charge >= 0.3 is 12.2 Å². The van der Waals surface area contributed by atoms with Crippen LogP contribution in [0.4, 0.5) is 29.7 Å². The fourth-order valence-electron chi connectivity index (χ4n) is 5.55. The number of halogens is 2. The highest BCUT2D eigenvalue weighted by molar-refractivity contribution is 5.99. The van der Waals surface area contributed by atoms with Crippen LogP contribution < -0.4 is 16.0 Å². The molecule has 5 amide bonds. The van der Waals surface area contributed by atoms with Crippen LogP contribution in [0.1, 0.15) is 40.7 Å². The Labute approximate surface area is 245 Å². The van der Waals surface area contributed by atoms with Crippen molar-refractivity contribution >= 4 is 41.3 Å². The second-order valence-electron chi connectivity index (χ2n) is 11.0. The summed E-state index contributed by atoms with van der Waals surface area (Å²) in [4.78, 5) is 66.3. The third-order valence-electron chi connectivity index (χ3n) is 7.72. The average molecular weight is 600 g/mol. The van der Waals surface area contributed by atoms with Gasteiger partial charge in [0, 0.05) is 23.4 Å². The molecule has 3 aliphatic rings. The topological polar surface area (TPSA) is 146 Å². The third kappa shape index (κ3) is 6.37. The molecule has 1 spiro atoms. The van der Waals surface area contributed by atoms with E-state index in [0.717, 1.165) is 10.5 Å². The van der Waals surface area contributed by atoms with Crippen LogP contribution in [0.3, 0.4) is 0 Å². The molecule has 0 aromatic heterocycles. The first-order valence-electron chi connectivity index (χ1n) is 13.7. The monoisotopic (exact) mass is 599 g/mol. The van der Waals surface area contributed by atoms with E-state index in [1.54, 1.807) is 6.07 Å². The lowest BCUT2D eigenvalue weighted by molar-refractivity contribution is -0.167. The van der Waals surface area contributed by atoms with Crippen LogP contribution in [0.2, 0.25) is 0 Å². The van der Waals surface area contributed by atoms with E-state index in [0.29, 0.717) is 29.8 Å². The minimum absolute atomic E-state index is 0.0219. The van der Waals surface area contributed by atoms with Crippen molar-refractivity contribution in [2.75, 3.05) is 43.9 Å². The average Bonchev–Trinajstić information content (AvgIpc) is 2.95. The molecular weight excluding hydrogens is 568 g/mol. The molecule has 43 heavy (non-hydrogen) atoms. The standard InChI is InChI=1S/C29H31F2N5O7/c1-17-4-9-21-20(12-17)28(43-27(41)34-21)10-3-11-35(14-28)25(39)22(13-23(37)36-15-29(30,31)16-36)33-24(38)18-5-7-19(8-6-18)32-26(40)42-2/h4-9,12,22H,3,10-11,13-16H2,1-2H3,(H,32,40)(H,33,38)(H,34,41)/t22-,28?/m0/s1. The smallest absolute Gasteiger partial charge is 0.412 e. The molecule has 0 radical (unpaired) electrons. The highest BCUT2D eigenvalue weighted by Crippen LogP contribution is 2.43. The first kappa shape index (κ1) is 29.7. The number of likely N-dealkylation sites (tertiary alicyclic amines) is 2. The number of ether oxygens (including phenoxy) is 2. The zero-order chi connectivity index (χ0) is 30.9. The predicted molar refractivity (Wildman–Crippen MR) is 149 cm³/mol. The van der Waals surface area contributed by atoms with E-state index < -0.39 is 67.0 Å². The SMILES string of the molecule is COC(=O)Nc1ccc(C(=O)N[C@@H](CC(=O)N2CC(F)(F)C2)C(=O)N2CCCC3(C2)OC(=O)Nc2ccc(C)cc23)cc1. The lowest BCUT2D eigenvalue weighted by Crippen LogP contribution is -2.61. The van der Waals surface area contributed by atoms with Gasteiger partial charge in [-0.15, -0.1) is 0 Å². The van der Waals surface area contributed by atoms with Crippen molar-refractivity contribution in [2.24, 2.45) is 0 Å². The van der Waals surface area contributed by atoms with Gasteiger partial charge in [0.05, 0.1) is 38.9 Å². The molecule has 12 nitrogen and oxygen atoms in total. The van der Waals surface area contributed by atoms with Gasteiger partial charge in [-0.2, -0.15) is 0 Å². The Kier molecular flexibility index (Phi) is 7.95. The highest BCUT2D eigenvalue weighted by Gasteiger charge is 2.49. The zero-order valence-corrected chi connectivity index (χ0v) is 23.6. The van der Waals surface area contributed by atoms with Crippen molar-refractivity contribution in [3.63, 3.8) is 0 Å². The summed E-state index contributed by atoms with van der Waals surface area (Å²) in [5.74, 6) is -5.00. The second kappa shape index (κ2) is 11.5. The number of hydrogen-bond acceptors (Lipinski definition) is 7. The quantitative estimate of drug-likeness (QED) is 0.462. The molecule has 2 saturated heterocycles. The highest BCUT2D eigenvalue weighted by atomic mass is 19.3. The molecule has 2 fully saturated rings. The summed E-state index contributed by atoms with van der Waals surface area (Å²) >= 11 is 0. The normalized spacial score (nSPS) is 21.0. The second-order valence-corrected chi connectivity index (χ2v) is 11.0. The Bertz CT molecular complexity index is 1460. The Hall–Kier alpha value is -4.75. The van der Waals surface area contributed by atoms with Crippen molar-refractivity contribution in [1.29, 1.82) is 0 Å². The lowest BCUT2D eigenvalue weighted by atomic mass is 9.82. The Morgan fingerprint density at radius 1 is 1.07 bits per heavy atom. The summed E-state index contributed by atoms with van der Waals surface area (Å²) in [5.41, 5.74) is 1.55. The van der Waals surface area contributed by atoms with Gasteiger partial charge in [-0.25, -0.2) is 18.4 Å². The van der Waals surface area contributed by atoms with Gasteiger partial charge in [-0.3, -0.25) is 25.0 Å². The minimum atomic E-state index is -3.00. The van der Waals surface area contributed by atoms with Crippen LogP contribution >= 0.6 is 0 Å². The molecule has 1 unspecified atom stereocenters. The van der Waals surface area contributed by atoms with E-state index in [2.05, 4.69) is 20.7 Å². The maximum absolute atomic E-state index is 13.9. The molecule has 0 bridgehead atoms. The first-order chi connectivity index (χ1) is 20.4. The van der Waals surface area contributed by atoms with Crippen LogP contribution in [0.5, 0.6) is 0 Å². The number of carbonyl (C=O) groups excluding carboxylic acids is 5. The number of anilines is 2. The summed E-state index contributed by atoms with van der Waals surface area (Å²) < 4.78 is 37.3. The maximum atomic E-state index is 13.9. The van der Waals surface area contributed by atoms with Gasteiger partial charge in [0.1, 0.15) is 6.04 Å². The zero-order valence-electron chi connectivity index (χ0n) is 23.6. The van der Waals surface area contributed by atoms with Crippen molar-refractivity contribution in [3.8, 4) is 0 Å². The summed E-state index contributed by atoms with van der Waals surface area (Å²) in [6, 6.07) is 9.83. The number of amides is 5. The molecule has 3 N–H and O–H groups in total. The van der Waals surface area contributed by atoms with Gasteiger partial charge in [0.15, 0.2) is 5.60 Å². The van der Waals surface area contributed by atoms with Crippen LogP contribution in [0.25, 0.3) is 0 Å². The van der Waals surface area contributed by atoms with E-state index in [4.69, 9.17) is 4.74 Å². The maximum Gasteiger partial charge on any atom is 0.412 e. The van der Waals surface area contributed by atoms with Crippen molar-refractivity contribution in [1.82, 2.24) is 15.1 Å². The summed E-state index contributed by atoms with van der Waals surface area (Å²) in [7, 11) is 1.20. The number of aryl methyl sites for hydroxylation is 1. The van der Waals surface area contributed by atoms with Gasteiger partial charge in [-0.1, -0.05) is 11.6 Å². The summed E-state index contributed by atoms with van der Waals surface area (Å²) in [6.07, 6.45) is -0.980. The molecule has 2 atom stereocenters. The minimum Gasteiger partial charge on any atom is -0.453 e. The molecular formula is C29H31F2N5O7.